The molecule has 17 heavy (non-hydrogen) atoms. The van der Waals surface area contributed by atoms with Gasteiger partial charge in [-0.1, -0.05) is 13.8 Å². The van der Waals surface area contributed by atoms with Crippen LogP contribution in [0, 0.1) is 5.41 Å². The van der Waals surface area contributed by atoms with Gasteiger partial charge in [-0.2, -0.15) is 4.98 Å². The quantitative estimate of drug-likeness (QED) is 0.807. The molecular formula is C13H21N3O. The molecule has 4 nitrogen and oxygen atoms in total. The first-order chi connectivity index (χ1) is 7.96. The lowest BCUT2D eigenvalue weighted by molar-refractivity contribution is 0.231. The molecule has 2 heterocycles. The van der Waals surface area contributed by atoms with Crippen molar-refractivity contribution >= 4 is 5.82 Å². The zero-order valence-corrected chi connectivity index (χ0v) is 11.1. The second-order valence-corrected chi connectivity index (χ2v) is 5.72. The van der Waals surface area contributed by atoms with Crippen molar-refractivity contribution in [2.75, 3.05) is 18.0 Å². The number of hydrogen-bond acceptors (Lipinski definition) is 4. The average Bonchev–Trinajstić information content (AvgIpc) is 2.58. The molecule has 0 spiro atoms. The summed E-state index contributed by atoms with van der Waals surface area (Å²) in [5.41, 5.74) is 0.372. The van der Waals surface area contributed by atoms with Crippen LogP contribution in [0.15, 0.2) is 12.4 Å². The number of nitrogens with zero attached hydrogens (tertiary/aromatic N) is 3. The van der Waals surface area contributed by atoms with Crippen LogP contribution in [-0.2, 0) is 0 Å². The summed E-state index contributed by atoms with van der Waals surface area (Å²) >= 11 is 0. The molecule has 1 aromatic heterocycles. The van der Waals surface area contributed by atoms with E-state index in [0.29, 0.717) is 11.3 Å². The third kappa shape index (κ3) is 3.08. The molecule has 0 saturated carbocycles. The Hall–Kier alpha value is -1.32. The Labute approximate surface area is 103 Å². The van der Waals surface area contributed by atoms with Gasteiger partial charge in [-0.25, -0.2) is 0 Å². The number of aromatic nitrogens is 2. The number of ether oxygens (including phenoxy) is 1. The van der Waals surface area contributed by atoms with Crippen LogP contribution in [0.1, 0.15) is 34.1 Å². The molecule has 1 aliphatic heterocycles. The van der Waals surface area contributed by atoms with Crippen LogP contribution in [0.3, 0.4) is 0 Å². The zero-order chi connectivity index (χ0) is 12.5. The Kier molecular flexibility index (Phi) is 3.22. The van der Waals surface area contributed by atoms with Crippen LogP contribution in [-0.4, -0.2) is 29.2 Å². The molecule has 2 rings (SSSR count). The first kappa shape index (κ1) is 12.1. The predicted octanol–water partition coefficient (Wildman–Crippen LogP) is 2.50. The van der Waals surface area contributed by atoms with E-state index in [1.54, 1.807) is 6.20 Å². The SMILES string of the molecule is CC(C)Oc1cncc(N2CCC(C)(C)C2)n1. The first-order valence-electron chi connectivity index (χ1n) is 6.20. The molecule has 1 saturated heterocycles. The fourth-order valence-electron chi connectivity index (χ4n) is 2.10. The van der Waals surface area contributed by atoms with Crippen molar-refractivity contribution in [3.8, 4) is 5.88 Å². The Morgan fingerprint density at radius 1 is 1.35 bits per heavy atom. The van der Waals surface area contributed by atoms with Crippen LogP contribution in [0.4, 0.5) is 5.82 Å². The summed E-state index contributed by atoms with van der Waals surface area (Å²) in [7, 11) is 0. The van der Waals surface area contributed by atoms with E-state index in [2.05, 4.69) is 28.7 Å². The maximum absolute atomic E-state index is 5.57. The highest BCUT2D eigenvalue weighted by atomic mass is 16.5. The van der Waals surface area contributed by atoms with Gasteiger partial charge in [0.25, 0.3) is 0 Å². The summed E-state index contributed by atoms with van der Waals surface area (Å²) < 4.78 is 5.57. The molecule has 0 atom stereocenters. The van der Waals surface area contributed by atoms with Gasteiger partial charge in [0.05, 0.1) is 18.5 Å². The van der Waals surface area contributed by atoms with E-state index in [1.165, 1.54) is 6.42 Å². The van der Waals surface area contributed by atoms with Crippen molar-refractivity contribution in [2.45, 2.75) is 40.2 Å². The second-order valence-electron chi connectivity index (χ2n) is 5.72. The van der Waals surface area contributed by atoms with Gasteiger partial charge in [0, 0.05) is 13.1 Å². The Bertz CT molecular complexity index is 390. The van der Waals surface area contributed by atoms with E-state index in [-0.39, 0.29) is 6.10 Å². The Balaban J connectivity index is 2.11. The highest BCUT2D eigenvalue weighted by Crippen LogP contribution is 2.31. The van der Waals surface area contributed by atoms with E-state index < -0.39 is 0 Å². The van der Waals surface area contributed by atoms with Gasteiger partial charge in [-0.05, 0) is 25.7 Å². The smallest absolute Gasteiger partial charge is 0.234 e. The first-order valence-corrected chi connectivity index (χ1v) is 6.20. The van der Waals surface area contributed by atoms with Gasteiger partial charge >= 0.3 is 0 Å². The molecule has 1 aromatic rings. The summed E-state index contributed by atoms with van der Waals surface area (Å²) in [6.07, 6.45) is 4.82. The summed E-state index contributed by atoms with van der Waals surface area (Å²) in [6.45, 7) is 10.6. The van der Waals surface area contributed by atoms with Crippen molar-refractivity contribution in [2.24, 2.45) is 5.41 Å². The minimum atomic E-state index is 0.134. The van der Waals surface area contributed by atoms with E-state index in [4.69, 9.17) is 4.74 Å². The van der Waals surface area contributed by atoms with Gasteiger partial charge in [0.15, 0.2) is 5.82 Å². The molecule has 0 aliphatic carbocycles. The van der Waals surface area contributed by atoms with Gasteiger partial charge in [-0.3, -0.25) is 4.98 Å². The maximum atomic E-state index is 5.57. The second kappa shape index (κ2) is 4.51. The Morgan fingerprint density at radius 3 is 2.71 bits per heavy atom. The monoisotopic (exact) mass is 235 g/mol. The average molecular weight is 235 g/mol. The highest BCUT2D eigenvalue weighted by molar-refractivity contribution is 5.39. The van der Waals surface area contributed by atoms with Crippen molar-refractivity contribution in [3.05, 3.63) is 12.4 Å². The van der Waals surface area contributed by atoms with E-state index in [9.17, 15) is 0 Å². The molecule has 0 unspecified atom stereocenters. The number of rotatable bonds is 3. The predicted molar refractivity (Wildman–Crippen MR) is 68.4 cm³/mol. The number of anilines is 1. The van der Waals surface area contributed by atoms with E-state index in [0.717, 1.165) is 18.9 Å². The summed E-state index contributed by atoms with van der Waals surface area (Å²) in [5, 5.41) is 0. The van der Waals surface area contributed by atoms with Crippen LogP contribution in [0.25, 0.3) is 0 Å². The maximum Gasteiger partial charge on any atom is 0.234 e. The zero-order valence-electron chi connectivity index (χ0n) is 11.1. The molecule has 0 N–H and O–H groups in total. The molecule has 94 valence electrons. The summed E-state index contributed by atoms with van der Waals surface area (Å²) in [6, 6.07) is 0. The van der Waals surface area contributed by atoms with Crippen LogP contribution in [0.5, 0.6) is 5.88 Å². The van der Waals surface area contributed by atoms with Gasteiger partial charge in [0.2, 0.25) is 5.88 Å². The minimum absolute atomic E-state index is 0.134. The highest BCUT2D eigenvalue weighted by Gasteiger charge is 2.30. The lowest BCUT2D eigenvalue weighted by Crippen LogP contribution is -2.24. The lowest BCUT2D eigenvalue weighted by Gasteiger charge is -2.20. The van der Waals surface area contributed by atoms with E-state index >= 15 is 0 Å². The molecule has 0 radical (unpaired) electrons. The van der Waals surface area contributed by atoms with Gasteiger partial charge in [0.1, 0.15) is 0 Å². The summed E-state index contributed by atoms with van der Waals surface area (Å²) in [4.78, 5) is 11.0. The molecule has 1 aliphatic rings. The lowest BCUT2D eigenvalue weighted by atomic mass is 9.93. The van der Waals surface area contributed by atoms with Crippen LogP contribution in [0.2, 0.25) is 0 Å². The van der Waals surface area contributed by atoms with Crippen LogP contribution < -0.4 is 9.64 Å². The molecular weight excluding hydrogens is 214 g/mol. The standard InChI is InChI=1S/C13H21N3O/c1-10(2)17-12-8-14-7-11(15-12)16-6-5-13(3,4)9-16/h7-8,10H,5-6,9H2,1-4H3. The van der Waals surface area contributed by atoms with Crippen molar-refractivity contribution in [1.29, 1.82) is 0 Å². The molecule has 4 heteroatoms. The topological polar surface area (TPSA) is 38.2 Å². The number of hydrogen-bond donors (Lipinski definition) is 0. The normalized spacial score (nSPS) is 18.8. The van der Waals surface area contributed by atoms with Crippen molar-refractivity contribution in [1.82, 2.24) is 9.97 Å². The third-order valence-corrected chi connectivity index (χ3v) is 2.96. The molecule has 0 amide bonds. The molecule has 0 bridgehead atoms. The third-order valence-electron chi connectivity index (χ3n) is 2.96. The Morgan fingerprint density at radius 2 is 2.12 bits per heavy atom. The van der Waals surface area contributed by atoms with Crippen molar-refractivity contribution < 1.29 is 4.74 Å². The van der Waals surface area contributed by atoms with Gasteiger partial charge in [-0.15, -0.1) is 0 Å². The van der Waals surface area contributed by atoms with Crippen molar-refractivity contribution in [3.63, 3.8) is 0 Å². The largest absolute Gasteiger partial charge is 0.474 e. The van der Waals surface area contributed by atoms with E-state index in [1.807, 2.05) is 20.0 Å². The van der Waals surface area contributed by atoms with Crippen LogP contribution >= 0.6 is 0 Å². The molecule has 1 fully saturated rings. The minimum Gasteiger partial charge on any atom is -0.474 e. The van der Waals surface area contributed by atoms with Gasteiger partial charge < -0.3 is 9.64 Å². The summed E-state index contributed by atoms with van der Waals surface area (Å²) in [5.74, 6) is 1.54. The fourth-order valence-corrected chi connectivity index (χ4v) is 2.10. The fraction of sp³-hybridized carbons (Fsp3) is 0.692. The molecule has 0 aromatic carbocycles.